The number of benzene rings is 2. The van der Waals surface area contributed by atoms with E-state index in [-0.39, 0.29) is 40.3 Å². The van der Waals surface area contributed by atoms with Crippen molar-refractivity contribution in [3.05, 3.63) is 99.0 Å². The first-order valence-electron chi connectivity index (χ1n) is 10.00. The van der Waals surface area contributed by atoms with E-state index >= 15 is 0 Å². The highest BCUT2D eigenvalue weighted by atomic mass is 32.2. The second-order valence-corrected chi connectivity index (χ2v) is 9.18. The third kappa shape index (κ3) is 5.01. The van der Waals surface area contributed by atoms with Gasteiger partial charge in [-0.25, -0.2) is 27.0 Å². The zero-order valence-electron chi connectivity index (χ0n) is 18.1. The fourth-order valence-electron chi connectivity index (χ4n) is 3.38. The van der Waals surface area contributed by atoms with Crippen molar-refractivity contribution in [2.45, 2.75) is 13.3 Å². The van der Waals surface area contributed by atoms with Crippen molar-refractivity contribution in [3.63, 3.8) is 0 Å². The van der Waals surface area contributed by atoms with E-state index in [1.54, 1.807) is 25.1 Å². The maximum Gasteiger partial charge on any atom is 0.340 e. The Kier molecular flexibility index (Phi) is 6.25. The van der Waals surface area contributed by atoms with Gasteiger partial charge < -0.3 is 9.15 Å². The molecule has 0 atom stereocenters. The molecule has 0 saturated carbocycles. The lowest BCUT2D eigenvalue weighted by atomic mass is 9.98. The van der Waals surface area contributed by atoms with E-state index in [9.17, 15) is 22.0 Å². The molecule has 34 heavy (non-hydrogen) atoms. The third-order valence-electron chi connectivity index (χ3n) is 5.06. The highest BCUT2D eigenvalue weighted by molar-refractivity contribution is 7.89. The molecule has 0 radical (unpaired) electrons. The molecule has 0 spiro atoms. The summed E-state index contributed by atoms with van der Waals surface area (Å²) < 4.78 is 65.5. The zero-order valence-corrected chi connectivity index (χ0v) is 18.9. The Morgan fingerprint density at radius 2 is 1.94 bits per heavy atom. The maximum absolute atomic E-state index is 14.9. The molecule has 7 nitrogen and oxygen atoms in total. The monoisotopic (exact) mass is 484 g/mol. The zero-order chi connectivity index (χ0) is 24.5. The number of aryl methyl sites for hydroxylation is 1. The van der Waals surface area contributed by atoms with E-state index in [1.807, 2.05) is 0 Å². The normalized spacial score (nSPS) is 11.9. The second-order valence-electron chi connectivity index (χ2n) is 7.51. The summed E-state index contributed by atoms with van der Waals surface area (Å²) in [5.74, 6) is -1.31. The Morgan fingerprint density at radius 3 is 2.68 bits per heavy atom. The van der Waals surface area contributed by atoms with E-state index in [1.165, 1.54) is 36.5 Å². The number of aromatic nitrogens is 1. The van der Waals surface area contributed by atoms with Crippen molar-refractivity contribution in [2.24, 2.45) is 4.40 Å². The van der Waals surface area contributed by atoms with Crippen LogP contribution in [-0.4, -0.2) is 25.9 Å². The van der Waals surface area contributed by atoms with Gasteiger partial charge in [-0.3, -0.25) is 0 Å². The fourth-order valence-corrected chi connectivity index (χ4v) is 3.68. The summed E-state index contributed by atoms with van der Waals surface area (Å²) in [6, 6.07) is 11.7. The van der Waals surface area contributed by atoms with Crippen LogP contribution in [0.1, 0.15) is 22.3 Å². The van der Waals surface area contributed by atoms with Crippen molar-refractivity contribution < 1.29 is 26.4 Å². The molecule has 2 aromatic heterocycles. The summed E-state index contributed by atoms with van der Waals surface area (Å²) in [5.41, 5.74) is 0.534. The van der Waals surface area contributed by atoms with Gasteiger partial charge >= 0.3 is 5.63 Å². The SMILES string of the molecule is Cc1c(Cc2cccc(C=NS(C)(=O)=O)c2F)c(=O)oc2cc(Oc3ncccc3F)ccc12. The highest BCUT2D eigenvalue weighted by Gasteiger charge is 2.16. The Labute approximate surface area is 193 Å². The maximum atomic E-state index is 14.9. The third-order valence-corrected chi connectivity index (χ3v) is 5.55. The lowest BCUT2D eigenvalue weighted by molar-refractivity contribution is 0.422. The Bertz CT molecular complexity index is 1600. The summed E-state index contributed by atoms with van der Waals surface area (Å²) >= 11 is 0. The quantitative estimate of drug-likeness (QED) is 0.294. The topological polar surface area (TPSA) is 98.8 Å². The van der Waals surface area contributed by atoms with Crippen LogP contribution in [0.4, 0.5) is 8.78 Å². The predicted molar refractivity (Wildman–Crippen MR) is 123 cm³/mol. The average molecular weight is 484 g/mol. The molecule has 0 amide bonds. The average Bonchev–Trinajstić information content (AvgIpc) is 2.77. The summed E-state index contributed by atoms with van der Waals surface area (Å²) in [7, 11) is -3.67. The van der Waals surface area contributed by atoms with Gasteiger partial charge in [0.2, 0.25) is 10.0 Å². The Morgan fingerprint density at radius 1 is 1.15 bits per heavy atom. The van der Waals surface area contributed by atoms with Crippen molar-refractivity contribution in [2.75, 3.05) is 6.26 Å². The van der Waals surface area contributed by atoms with Crippen LogP contribution in [0, 0.1) is 18.6 Å². The van der Waals surface area contributed by atoms with Crippen LogP contribution < -0.4 is 10.4 Å². The van der Waals surface area contributed by atoms with Gasteiger partial charge in [0.05, 0.1) is 12.5 Å². The van der Waals surface area contributed by atoms with Crippen LogP contribution in [0.2, 0.25) is 0 Å². The molecule has 0 saturated heterocycles. The number of rotatable bonds is 6. The first-order valence-corrected chi connectivity index (χ1v) is 11.8. The number of sulfonamides is 1. The van der Waals surface area contributed by atoms with Crippen LogP contribution in [0.5, 0.6) is 11.6 Å². The number of ether oxygens (including phenoxy) is 1. The van der Waals surface area contributed by atoms with Crippen LogP contribution >= 0.6 is 0 Å². The van der Waals surface area contributed by atoms with E-state index in [0.717, 1.165) is 12.5 Å². The van der Waals surface area contributed by atoms with E-state index in [2.05, 4.69) is 9.38 Å². The summed E-state index contributed by atoms with van der Waals surface area (Å²) in [5, 5.41) is 0.596. The van der Waals surface area contributed by atoms with Gasteiger partial charge in [-0.05, 0) is 42.3 Å². The van der Waals surface area contributed by atoms with Crippen molar-refractivity contribution in [3.8, 4) is 11.6 Å². The molecule has 2 aromatic carbocycles. The number of halogens is 2. The van der Waals surface area contributed by atoms with Crippen molar-refractivity contribution in [1.82, 2.24) is 4.98 Å². The van der Waals surface area contributed by atoms with Gasteiger partial charge in [-0.15, -0.1) is 0 Å². The van der Waals surface area contributed by atoms with Crippen LogP contribution in [-0.2, 0) is 16.4 Å². The van der Waals surface area contributed by atoms with E-state index in [4.69, 9.17) is 9.15 Å². The van der Waals surface area contributed by atoms with Crippen molar-refractivity contribution in [1.29, 1.82) is 0 Å². The lowest BCUT2D eigenvalue weighted by Gasteiger charge is -2.11. The molecular weight excluding hydrogens is 466 g/mol. The van der Waals surface area contributed by atoms with E-state index in [0.29, 0.717) is 10.9 Å². The molecule has 0 aliphatic carbocycles. The molecule has 0 aliphatic rings. The number of pyridine rings is 1. The fraction of sp³-hybridized carbons (Fsp3) is 0.125. The van der Waals surface area contributed by atoms with Gasteiger partial charge in [0.25, 0.3) is 5.88 Å². The molecule has 4 aromatic rings. The van der Waals surface area contributed by atoms with E-state index < -0.39 is 27.3 Å². The smallest absolute Gasteiger partial charge is 0.340 e. The minimum Gasteiger partial charge on any atom is -0.436 e. The second kappa shape index (κ2) is 9.14. The minimum absolute atomic E-state index is 0.0192. The lowest BCUT2D eigenvalue weighted by Crippen LogP contribution is -2.12. The molecule has 2 heterocycles. The Balaban J connectivity index is 1.69. The summed E-state index contributed by atoms with van der Waals surface area (Å²) in [6.45, 7) is 1.71. The molecular formula is C24H18F2N2O5S. The van der Waals surface area contributed by atoms with Crippen molar-refractivity contribution >= 4 is 27.2 Å². The van der Waals surface area contributed by atoms with Crippen LogP contribution in [0.25, 0.3) is 11.0 Å². The van der Waals surface area contributed by atoms with Gasteiger partial charge in [-0.1, -0.05) is 18.2 Å². The molecule has 174 valence electrons. The first kappa shape index (κ1) is 23.2. The van der Waals surface area contributed by atoms with Gasteiger partial charge in [0.1, 0.15) is 17.1 Å². The summed E-state index contributed by atoms with van der Waals surface area (Å²) in [6.07, 6.45) is 3.14. The predicted octanol–water partition coefficient (Wildman–Crippen LogP) is 4.54. The standard InChI is InChI=1S/C24H18F2N2O5S/c1-14-18-9-8-17(32-23-20(25)7-4-10-27-23)12-21(18)33-24(29)19(14)11-15-5-3-6-16(22(15)26)13-28-34(2,30)31/h3-10,12-13H,11H2,1-2H3. The van der Waals surface area contributed by atoms with Gasteiger partial charge in [0.15, 0.2) is 5.82 Å². The van der Waals surface area contributed by atoms with Gasteiger partial charge in [-0.2, -0.15) is 4.40 Å². The van der Waals surface area contributed by atoms with Gasteiger partial charge in [0, 0.05) is 35.2 Å². The minimum atomic E-state index is -3.67. The highest BCUT2D eigenvalue weighted by Crippen LogP contribution is 2.28. The van der Waals surface area contributed by atoms with Crippen LogP contribution in [0.15, 0.2) is 68.3 Å². The molecule has 4 rings (SSSR count). The molecule has 10 heteroatoms. The number of nitrogens with zero attached hydrogens (tertiary/aromatic N) is 2. The number of hydrogen-bond donors (Lipinski definition) is 0. The molecule has 0 N–H and O–H groups in total. The first-order chi connectivity index (χ1) is 16.1. The molecule has 0 bridgehead atoms. The number of hydrogen-bond acceptors (Lipinski definition) is 6. The molecule has 0 aliphatic heterocycles. The van der Waals surface area contributed by atoms with Crippen LogP contribution in [0.3, 0.4) is 0 Å². The molecule has 0 unspecified atom stereocenters. The Hall–Kier alpha value is -3.92. The largest absolute Gasteiger partial charge is 0.436 e. The number of fused-ring (bicyclic) bond motifs is 1. The molecule has 0 fully saturated rings. The summed E-state index contributed by atoms with van der Waals surface area (Å²) in [4.78, 5) is 16.6.